The third kappa shape index (κ3) is 3.06. The standard InChI is InChI=1S/C17H20N2O4/c1-10(20)15-5-3-12-7-13(4-6-16(12)15)19-9-14(23-17(19)22)8-18-11(2)21/h4,6-7,14-15H,3,5,8-9H2,1-2H3,(H,18,21)/t14-,15?/m0/s1. The number of Topliss-reactive ketones (excluding diaryl/α,β-unsaturated/α-hetero) is 1. The van der Waals surface area contributed by atoms with Crippen LogP contribution in [0.5, 0.6) is 0 Å². The maximum absolute atomic E-state index is 12.0. The second-order valence-electron chi connectivity index (χ2n) is 6.14. The van der Waals surface area contributed by atoms with Crippen LogP contribution < -0.4 is 10.2 Å². The summed E-state index contributed by atoms with van der Waals surface area (Å²) in [5.41, 5.74) is 2.98. The molecule has 2 aliphatic rings. The molecular formula is C17H20N2O4. The van der Waals surface area contributed by atoms with Gasteiger partial charge in [-0.15, -0.1) is 0 Å². The van der Waals surface area contributed by atoms with Gasteiger partial charge in [0.2, 0.25) is 5.91 Å². The number of ether oxygens (including phenoxy) is 1. The molecule has 1 fully saturated rings. The zero-order valence-electron chi connectivity index (χ0n) is 13.3. The maximum Gasteiger partial charge on any atom is 0.414 e. The van der Waals surface area contributed by atoms with Crippen LogP contribution in [-0.2, 0) is 20.7 Å². The van der Waals surface area contributed by atoms with E-state index < -0.39 is 6.09 Å². The Morgan fingerprint density at radius 3 is 2.83 bits per heavy atom. The van der Waals surface area contributed by atoms with Crippen LogP contribution in [0, 0.1) is 0 Å². The first-order valence-electron chi connectivity index (χ1n) is 7.81. The van der Waals surface area contributed by atoms with E-state index in [2.05, 4.69) is 5.32 Å². The summed E-state index contributed by atoms with van der Waals surface area (Å²) >= 11 is 0. The van der Waals surface area contributed by atoms with E-state index in [9.17, 15) is 14.4 Å². The fraction of sp³-hybridized carbons (Fsp3) is 0.471. The Hall–Kier alpha value is -2.37. The lowest BCUT2D eigenvalue weighted by Gasteiger charge is -2.15. The third-order valence-electron chi connectivity index (χ3n) is 4.46. The summed E-state index contributed by atoms with van der Waals surface area (Å²) in [4.78, 5) is 36.2. The summed E-state index contributed by atoms with van der Waals surface area (Å²) < 4.78 is 5.28. The van der Waals surface area contributed by atoms with E-state index in [1.54, 1.807) is 11.8 Å². The van der Waals surface area contributed by atoms with Crippen molar-refractivity contribution >= 4 is 23.5 Å². The SMILES string of the molecule is CC(=O)NC[C@H]1CN(c2ccc3c(c2)CCC3C(C)=O)C(=O)O1. The molecule has 0 spiro atoms. The number of fused-ring (bicyclic) bond motifs is 1. The number of carbonyl (C=O) groups excluding carboxylic acids is 3. The number of amides is 2. The van der Waals surface area contributed by atoms with Crippen LogP contribution >= 0.6 is 0 Å². The fourth-order valence-electron chi connectivity index (χ4n) is 3.29. The second-order valence-corrected chi connectivity index (χ2v) is 6.14. The van der Waals surface area contributed by atoms with Gasteiger partial charge in [0.1, 0.15) is 11.9 Å². The molecule has 6 heteroatoms. The molecule has 122 valence electrons. The highest BCUT2D eigenvalue weighted by Crippen LogP contribution is 2.36. The van der Waals surface area contributed by atoms with E-state index in [0.29, 0.717) is 13.1 Å². The van der Waals surface area contributed by atoms with E-state index in [1.807, 2.05) is 18.2 Å². The Balaban J connectivity index is 1.74. The molecule has 6 nitrogen and oxygen atoms in total. The number of hydrogen-bond acceptors (Lipinski definition) is 4. The summed E-state index contributed by atoms with van der Waals surface area (Å²) in [6.07, 6.45) is 0.945. The zero-order valence-corrected chi connectivity index (χ0v) is 13.3. The number of nitrogens with one attached hydrogen (secondary N) is 1. The van der Waals surface area contributed by atoms with Gasteiger partial charge in [-0.2, -0.15) is 0 Å². The van der Waals surface area contributed by atoms with Crippen molar-refractivity contribution in [1.29, 1.82) is 0 Å². The van der Waals surface area contributed by atoms with Gasteiger partial charge in [-0.25, -0.2) is 4.79 Å². The van der Waals surface area contributed by atoms with Crippen molar-refractivity contribution in [3.05, 3.63) is 29.3 Å². The summed E-state index contributed by atoms with van der Waals surface area (Å²) in [5, 5.41) is 2.66. The lowest BCUT2D eigenvalue weighted by atomic mass is 9.97. The number of benzene rings is 1. The highest BCUT2D eigenvalue weighted by atomic mass is 16.6. The quantitative estimate of drug-likeness (QED) is 0.918. The Morgan fingerprint density at radius 1 is 1.35 bits per heavy atom. The van der Waals surface area contributed by atoms with Crippen molar-refractivity contribution in [3.8, 4) is 0 Å². The van der Waals surface area contributed by atoms with Gasteiger partial charge >= 0.3 is 6.09 Å². The molecule has 1 aromatic rings. The van der Waals surface area contributed by atoms with Gasteiger partial charge in [0.15, 0.2) is 0 Å². The number of nitrogens with zero attached hydrogens (tertiary/aromatic N) is 1. The Kier molecular flexibility index (Phi) is 4.07. The zero-order chi connectivity index (χ0) is 16.6. The van der Waals surface area contributed by atoms with Crippen LogP contribution in [0.3, 0.4) is 0 Å². The highest BCUT2D eigenvalue weighted by molar-refractivity contribution is 5.90. The highest BCUT2D eigenvalue weighted by Gasteiger charge is 2.33. The monoisotopic (exact) mass is 316 g/mol. The summed E-state index contributed by atoms with van der Waals surface area (Å²) in [6.45, 7) is 3.78. The van der Waals surface area contributed by atoms with Gasteiger partial charge in [0.25, 0.3) is 0 Å². The van der Waals surface area contributed by atoms with E-state index in [-0.39, 0.29) is 23.7 Å². The van der Waals surface area contributed by atoms with Crippen LogP contribution in [0.1, 0.15) is 37.3 Å². The molecule has 1 aliphatic carbocycles. The van der Waals surface area contributed by atoms with Gasteiger partial charge in [-0.1, -0.05) is 6.07 Å². The number of ketones is 1. The Morgan fingerprint density at radius 2 is 2.13 bits per heavy atom. The van der Waals surface area contributed by atoms with Crippen molar-refractivity contribution < 1.29 is 19.1 Å². The van der Waals surface area contributed by atoms with Crippen LogP contribution in [0.25, 0.3) is 0 Å². The molecule has 1 aliphatic heterocycles. The smallest absolute Gasteiger partial charge is 0.414 e. The number of rotatable bonds is 4. The molecule has 2 atom stereocenters. The van der Waals surface area contributed by atoms with Crippen molar-refractivity contribution in [1.82, 2.24) is 5.32 Å². The predicted octanol–water partition coefficient (Wildman–Crippen LogP) is 1.77. The molecule has 1 aromatic carbocycles. The maximum atomic E-state index is 12.0. The van der Waals surface area contributed by atoms with Gasteiger partial charge in [-0.3, -0.25) is 14.5 Å². The Bertz CT molecular complexity index is 671. The second kappa shape index (κ2) is 6.02. The van der Waals surface area contributed by atoms with Crippen LogP contribution in [-0.4, -0.2) is 37.0 Å². The molecule has 0 bridgehead atoms. The van der Waals surface area contributed by atoms with E-state index in [0.717, 1.165) is 29.7 Å². The summed E-state index contributed by atoms with van der Waals surface area (Å²) in [7, 11) is 0. The topological polar surface area (TPSA) is 75.7 Å². The average Bonchev–Trinajstić information content (AvgIpc) is 3.07. The van der Waals surface area contributed by atoms with Crippen molar-refractivity contribution in [2.45, 2.75) is 38.7 Å². The molecule has 1 unspecified atom stereocenters. The molecule has 0 aromatic heterocycles. The first kappa shape index (κ1) is 15.5. The van der Waals surface area contributed by atoms with Crippen molar-refractivity contribution in [2.24, 2.45) is 0 Å². The molecule has 2 amide bonds. The number of hydrogen-bond donors (Lipinski definition) is 1. The molecule has 3 rings (SSSR count). The first-order valence-corrected chi connectivity index (χ1v) is 7.81. The third-order valence-corrected chi connectivity index (χ3v) is 4.46. The fourth-order valence-corrected chi connectivity index (χ4v) is 3.29. The summed E-state index contributed by atoms with van der Waals surface area (Å²) in [5.74, 6) is 0.0249. The molecule has 1 N–H and O–H groups in total. The van der Waals surface area contributed by atoms with E-state index in [4.69, 9.17) is 4.74 Å². The van der Waals surface area contributed by atoms with E-state index >= 15 is 0 Å². The van der Waals surface area contributed by atoms with Gasteiger partial charge in [0, 0.05) is 18.5 Å². The number of cyclic esters (lactones) is 1. The minimum atomic E-state index is -0.401. The van der Waals surface area contributed by atoms with Crippen LogP contribution in [0.4, 0.5) is 10.5 Å². The molecule has 1 saturated heterocycles. The summed E-state index contributed by atoms with van der Waals surface area (Å²) in [6, 6.07) is 5.78. The minimum absolute atomic E-state index is 0.0166. The van der Waals surface area contributed by atoms with Gasteiger partial charge in [-0.05, 0) is 43.0 Å². The van der Waals surface area contributed by atoms with Gasteiger partial charge in [0.05, 0.1) is 13.1 Å². The predicted molar refractivity (Wildman–Crippen MR) is 84.5 cm³/mol. The molecule has 0 radical (unpaired) electrons. The number of anilines is 1. The minimum Gasteiger partial charge on any atom is -0.442 e. The van der Waals surface area contributed by atoms with Crippen LogP contribution in [0.15, 0.2) is 18.2 Å². The number of aryl methyl sites for hydroxylation is 1. The molecule has 23 heavy (non-hydrogen) atoms. The normalized spacial score (nSPS) is 22.7. The average molecular weight is 316 g/mol. The number of carbonyl (C=O) groups is 3. The molecule has 1 heterocycles. The lowest BCUT2D eigenvalue weighted by Crippen LogP contribution is -2.33. The molecular weight excluding hydrogens is 296 g/mol. The van der Waals surface area contributed by atoms with Gasteiger partial charge < -0.3 is 10.1 Å². The van der Waals surface area contributed by atoms with E-state index in [1.165, 1.54) is 6.92 Å². The largest absolute Gasteiger partial charge is 0.442 e. The first-order chi connectivity index (χ1) is 11.0. The van der Waals surface area contributed by atoms with Crippen molar-refractivity contribution in [3.63, 3.8) is 0 Å². The Labute approximate surface area is 134 Å². The molecule has 0 saturated carbocycles. The van der Waals surface area contributed by atoms with Crippen molar-refractivity contribution in [2.75, 3.05) is 18.0 Å². The lowest BCUT2D eigenvalue weighted by molar-refractivity contribution is -0.119. The van der Waals surface area contributed by atoms with Crippen LogP contribution in [0.2, 0.25) is 0 Å².